The summed E-state index contributed by atoms with van der Waals surface area (Å²) in [5, 5.41) is 24.5. The summed E-state index contributed by atoms with van der Waals surface area (Å²) >= 11 is 1.85. The number of aromatic nitrogens is 1. The number of carboxylic acid groups (broad SMARTS) is 2. The van der Waals surface area contributed by atoms with Crippen molar-refractivity contribution in [2.24, 2.45) is 0 Å². The first-order valence-corrected chi connectivity index (χ1v) is 10.4. The van der Waals surface area contributed by atoms with Crippen molar-refractivity contribution in [2.45, 2.75) is 50.8 Å². The molecule has 0 radical (unpaired) electrons. The van der Waals surface area contributed by atoms with Gasteiger partial charge in [0.2, 0.25) is 0 Å². The van der Waals surface area contributed by atoms with E-state index in [1.54, 1.807) is 6.20 Å². The second kappa shape index (κ2) is 12.7. The molecular formula is C20H22F6N2O5S. The van der Waals surface area contributed by atoms with Crippen LogP contribution in [0.2, 0.25) is 0 Å². The lowest BCUT2D eigenvalue weighted by atomic mass is 10.0. The van der Waals surface area contributed by atoms with Gasteiger partial charge in [-0.15, -0.1) is 11.3 Å². The van der Waals surface area contributed by atoms with Crippen LogP contribution in [0.4, 0.5) is 26.3 Å². The van der Waals surface area contributed by atoms with Crippen molar-refractivity contribution in [2.75, 3.05) is 6.54 Å². The molecule has 2 aromatic rings. The molecule has 0 aliphatic carbocycles. The maximum Gasteiger partial charge on any atom is 0.490 e. The Hall–Kier alpha value is -2.71. The summed E-state index contributed by atoms with van der Waals surface area (Å²) < 4.78 is 63.5. The van der Waals surface area contributed by atoms with Gasteiger partial charge in [0.1, 0.15) is 0 Å². The van der Waals surface area contributed by atoms with Crippen LogP contribution in [-0.2, 0) is 22.6 Å². The molecule has 3 heterocycles. The van der Waals surface area contributed by atoms with E-state index in [0.29, 0.717) is 0 Å². The second-order valence-corrected chi connectivity index (χ2v) is 8.45. The molecule has 2 aromatic heterocycles. The molecule has 0 unspecified atom stereocenters. The molecule has 0 amide bonds. The van der Waals surface area contributed by atoms with E-state index in [2.05, 4.69) is 35.0 Å². The molecule has 1 aliphatic rings. The summed E-state index contributed by atoms with van der Waals surface area (Å²) in [6.07, 6.45) is -4.95. The number of pyridine rings is 1. The minimum atomic E-state index is -5.08. The number of hydrogen-bond donors (Lipinski definition) is 3. The monoisotopic (exact) mass is 516 g/mol. The van der Waals surface area contributed by atoms with Crippen LogP contribution < -0.4 is 0 Å². The Kier molecular flexibility index (Phi) is 10.9. The predicted octanol–water partition coefficient (Wildman–Crippen LogP) is 3.90. The van der Waals surface area contributed by atoms with Gasteiger partial charge in [-0.3, -0.25) is 9.88 Å². The van der Waals surface area contributed by atoms with Crippen LogP contribution in [0.25, 0.3) is 0 Å². The number of aliphatic carboxylic acids is 2. The summed E-state index contributed by atoms with van der Waals surface area (Å²) in [7, 11) is 0. The zero-order valence-corrected chi connectivity index (χ0v) is 18.5. The molecule has 190 valence electrons. The number of nitrogens with zero attached hydrogens (tertiary/aromatic N) is 2. The molecule has 14 heteroatoms. The van der Waals surface area contributed by atoms with Gasteiger partial charge in [0.15, 0.2) is 0 Å². The first-order valence-electron chi connectivity index (χ1n) is 9.57. The first kappa shape index (κ1) is 29.3. The number of hydrogen-bond acceptors (Lipinski definition) is 6. The van der Waals surface area contributed by atoms with Crippen LogP contribution in [0, 0.1) is 6.92 Å². The third kappa shape index (κ3) is 10.5. The minimum Gasteiger partial charge on any atom is -0.475 e. The maximum atomic E-state index is 10.6. The molecule has 3 N–H and O–H groups in total. The van der Waals surface area contributed by atoms with Gasteiger partial charge in [-0.1, -0.05) is 6.07 Å². The van der Waals surface area contributed by atoms with Gasteiger partial charge < -0.3 is 15.3 Å². The molecule has 2 atom stereocenters. The van der Waals surface area contributed by atoms with E-state index in [9.17, 15) is 31.4 Å². The topological polar surface area (TPSA) is 111 Å². The van der Waals surface area contributed by atoms with Gasteiger partial charge in [-0.25, -0.2) is 9.59 Å². The van der Waals surface area contributed by atoms with Crippen molar-refractivity contribution >= 4 is 23.3 Å². The summed E-state index contributed by atoms with van der Waals surface area (Å²) in [4.78, 5) is 27.1. The van der Waals surface area contributed by atoms with Crippen LogP contribution in [0.5, 0.6) is 0 Å². The van der Waals surface area contributed by atoms with Gasteiger partial charge in [0.05, 0.1) is 6.10 Å². The van der Waals surface area contributed by atoms with Crippen molar-refractivity contribution < 1.29 is 51.3 Å². The van der Waals surface area contributed by atoms with E-state index >= 15 is 0 Å². The SMILES string of the molecule is Cc1ccc(CN2CC[C@@H](O)[C@@H]2Cc2cccnc2)s1.O=C(O)C(F)(F)F.O=C(O)C(F)(F)F. The second-order valence-electron chi connectivity index (χ2n) is 7.08. The molecule has 34 heavy (non-hydrogen) atoms. The number of aliphatic hydroxyl groups excluding tert-OH is 1. The molecule has 1 saturated heterocycles. The van der Waals surface area contributed by atoms with Gasteiger partial charge in [-0.05, 0) is 43.5 Å². The van der Waals surface area contributed by atoms with Crippen LogP contribution in [0.3, 0.4) is 0 Å². The fourth-order valence-electron chi connectivity index (χ4n) is 2.89. The number of aryl methyl sites for hydroxylation is 1. The van der Waals surface area contributed by atoms with Gasteiger partial charge in [-0.2, -0.15) is 26.3 Å². The molecule has 0 saturated carbocycles. The van der Waals surface area contributed by atoms with Crippen molar-refractivity contribution in [3.63, 3.8) is 0 Å². The Balaban J connectivity index is 0.000000343. The quantitative estimate of drug-likeness (QED) is 0.529. The maximum absolute atomic E-state index is 10.6. The van der Waals surface area contributed by atoms with Crippen molar-refractivity contribution in [1.82, 2.24) is 9.88 Å². The average molecular weight is 516 g/mol. The van der Waals surface area contributed by atoms with E-state index in [4.69, 9.17) is 19.8 Å². The van der Waals surface area contributed by atoms with Crippen LogP contribution in [0.1, 0.15) is 21.7 Å². The summed E-state index contributed by atoms with van der Waals surface area (Å²) in [5.41, 5.74) is 1.20. The van der Waals surface area contributed by atoms with Crippen LogP contribution in [0.15, 0.2) is 36.7 Å². The molecule has 3 rings (SSSR count). The highest BCUT2D eigenvalue weighted by Gasteiger charge is 2.39. The Morgan fingerprint density at radius 2 is 1.65 bits per heavy atom. The minimum absolute atomic E-state index is 0.210. The molecule has 1 fully saturated rings. The third-order valence-corrected chi connectivity index (χ3v) is 5.42. The highest BCUT2D eigenvalue weighted by molar-refractivity contribution is 7.11. The molecule has 0 spiro atoms. The Labute approximate surface area is 194 Å². The van der Waals surface area contributed by atoms with Gasteiger partial charge in [0, 0.05) is 41.3 Å². The first-order chi connectivity index (χ1) is 15.6. The number of carbonyl (C=O) groups is 2. The van der Waals surface area contributed by atoms with E-state index in [0.717, 1.165) is 25.9 Å². The third-order valence-electron chi connectivity index (χ3n) is 4.43. The zero-order chi connectivity index (χ0) is 26.1. The normalized spacial score (nSPS) is 18.4. The Bertz CT molecular complexity index is 896. The van der Waals surface area contributed by atoms with Crippen molar-refractivity contribution in [3.05, 3.63) is 52.0 Å². The largest absolute Gasteiger partial charge is 0.490 e. The summed E-state index contributed by atoms with van der Waals surface area (Å²) in [6.45, 7) is 4.06. The number of aliphatic hydroxyl groups is 1. The molecular weight excluding hydrogens is 494 g/mol. The highest BCUT2D eigenvalue weighted by Crippen LogP contribution is 2.26. The lowest BCUT2D eigenvalue weighted by Gasteiger charge is -2.25. The number of alkyl halides is 6. The van der Waals surface area contributed by atoms with Crippen LogP contribution in [-0.4, -0.2) is 68.2 Å². The smallest absolute Gasteiger partial charge is 0.475 e. The van der Waals surface area contributed by atoms with E-state index in [-0.39, 0.29) is 12.1 Å². The number of likely N-dealkylation sites (tertiary alicyclic amines) is 1. The highest BCUT2D eigenvalue weighted by atomic mass is 32.1. The van der Waals surface area contributed by atoms with Gasteiger partial charge in [0.25, 0.3) is 0 Å². The number of halogens is 6. The lowest BCUT2D eigenvalue weighted by Crippen LogP contribution is -2.36. The molecule has 0 aromatic carbocycles. The number of rotatable bonds is 4. The summed E-state index contributed by atoms with van der Waals surface area (Å²) in [6, 6.07) is 8.63. The van der Waals surface area contributed by atoms with E-state index in [1.807, 2.05) is 23.6 Å². The molecule has 0 bridgehead atoms. The van der Waals surface area contributed by atoms with E-state index < -0.39 is 24.3 Å². The Morgan fingerprint density at radius 3 is 2.06 bits per heavy atom. The fraction of sp³-hybridized carbons (Fsp3) is 0.450. The Morgan fingerprint density at radius 1 is 1.09 bits per heavy atom. The van der Waals surface area contributed by atoms with Gasteiger partial charge >= 0.3 is 24.3 Å². The number of thiophene rings is 1. The average Bonchev–Trinajstić information content (AvgIpc) is 3.28. The summed E-state index contributed by atoms with van der Waals surface area (Å²) in [5.74, 6) is -5.51. The number of carboxylic acids is 2. The van der Waals surface area contributed by atoms with E-state index in [1.165, 1.54) is 15.3 Å². The van der Waals surface area contributed by atoms with Crippen molar-refractivity contribution in [3.8, 4) is 0 Å². The molecule has 7 nitrogen and oxygen atoms in total. The van der Waals surface area contributed by atoms with Crippen LogP contribution >= 0.6 is 11.3 Å². The lowest BCUT2D eigenvalue weighted by molar-refractivity contribution is -0.193. The standard InChI is InChI=1S/C16H20N2OS.2C2HF3O2/c1-12-4-5-14(20-12)11-18-8-6-16(19)15(18)9-13-3-2-7-17-10-13;2*3-2(4,5)1(6)7/h2-5,7,10,15-16,19H,6,8-9,11H2,1H3;2*(H,6,7)/t15-,16+;;/m0../s1. The van der Waals surface area contributed by atoms with Crippen molar-refractivity contribution in [1.29, 1.82) is 0 Å². The zero-order valence-electron chi connectivity index (χ0n) is 17.7. The predicted molar refractivity (Wildman–Crippen MR) is 109 cm³/mol. The fourth-order valence-corrected chi connectivity index (χ4v) is 3.81. The molecule has 1 aliphatic heterocycles.